The Morgan fingerprint density at radius 2 is 1.50 bits per heavy atom. The molecule has 0 spiro atoms. The average Bonchev–Trinajstić information content (AvgIpc) is 2.31. The highest BCUT2D eigenvalue weighted by atomic mass is 16.5. The van der Waals surface area contributed by atoms with E-state index in [0.717, 1.165) is 19.0 Å². The highest BCUT2D eigenvalue weighted by Crippen LogP contribution is 2.18. The third kappa shape index (κ3) is 7.38. The first kappa shape index (κ1) is 14.2. The Balaban J connectivity index is 2.20. The summed E-state index contributed by atoms with van der Waals surface area (Å²) >= 11 is 0. The van der Waals surface area contributed by atoms with Gasteiger partial charge in [-0.3, -0.25) is 0 Å². The van der Waals surface area contributed by atoms with E-state index < -0.39 is 0 Å². The van der Waals surface area contributed by atoms with E-state index in [-0.39, 0.29) is 0 Å². The molecule has 1 saturated heterocycles. The topological polar surface area (TPSA) is 9.23 Å². The number of ether oxygens (including phenoxy) is 1. The van der Waals surface area contributed by atoms with Gasteiger partial charge in [0.25, 0.3) is 0 Å². The van der Waals surface area contributed by atoms with Gasteiger partial charge in [0.15, 0.2) is 0 Å². The zero-order valence-electron chi connectivity index (χ0n) is 11.2. The van der Waals surface area contributed by atoms with Crippen LogP contribution in [0, 0.1) is 0 Å². The minimum absolute atomic E-state index is 0.839. The van der Waals surface area contributed by atoms with Gasteiger partial charge >= 0.3 is 0 Å². The van der Waals surface area contributed by atoms with Crippen LogP contribution in [-0.4, -0.2) is 27.6 Å². The maximum absolute atomic E-state index is 5.81. The standard InChI is InChI=1S/C13H28B2O/c1-14-15-13-10-8-6-4-2-3-5-7-9-11-16-12-13/h13-15H,2-12H2,1H3. The van der Waals surface area contributed by atoms with E-state index in [9.17, 15) is 0 Å². The van der Waals surface area contributed by atoms with Crippen molar-refractivity contribution in [2.45, 2.75) is 70.4 Å². The summed E-state index contributed by atoms with van der Waals surface area (Å²) in [6, 6.07) is 0. The van der Waals surface area contributed by atoms with Crippen LogP contribution in [0.3, 0.4) is 0 Å². The van der Waals surface area contributed by atoms with Crippen LogP contribution in [0.15, 0.2) is 0 Å². The molecular formula is C13H28B2O. The van der Waals surface area contributed by atoms with E-state index in [1.165, 1.54) is 72.1 Å². The molecule has 16 heavy (non-hydrogen) atoms. The molecule has 0 saturated carbocycles. The van der Waals surface area contributed by atoms with E-state index in [1.54, 1.807) is 0 Å². The molecule has 92 valence electrons. The fraction of sp³-hybridized carbons (Fsp3) is 1.00. The molecule has 0 aliphatic carbocycles. The second-order valence-electron chi connectivity index (χ2n) is 5.35. The van der Waals surface area contributed by atoms with E-state index in [1.807, 2.05) is 0 Å². The van der Waals surface area contributed by atoms with Gasteiger partial charge in [0.1, 0.15) is 0 Å². The summed E-state index contributed by atoms with van der Waals surface area (Å²) in [5.74, 6) is 0.839. The van der Waals surface area contributed by atoms with Crippen molar-refractivity contribution in [1.82, 2.24) is 0 Å². The summed E-state index contributed by atoms with van der Waals surface area (Å²) in [4.78, 5) is 0. The Kier molecular flexibility index (Phi) is 9.07. The Morgan fingerprint density at radius 3 is 2.19 bits per heavy atom. The van der Waals surface area contributed by atoms with Crippen molar-refractivity contribution in [2.75, 3.05) is 13.2 Å². The van der Waals surface area contributed by atoms with Gasteiger partial charge in [-0.15, -0.1) is 0 Å². The molecule has 1 unspecified atom stereocenters. The van der Waals surface area contributed by atoms with Crippen LogP contribution in [-0.2, 0) is 4.74 Å². The fourth-order valence-electron chi connectivity index (χ4n) is 2.67. The Labute approximate surface area is 103 Å². The molecule has 0 amide bonds. The first-order valence-corrected chi connectivity index (χ1v) is 7.51. The molecule has 1 rings (SSSR count). The second kappa shape index (κ2) is 10.3. The lowest BCUT2D eigenvalue weighted by molar-refractivity contribution is 0.126. The molecular weight excluding hydrogens is 194 g/mol. The molecule has 1 nitrogen and oxygen atoms in total. The zero-order chi connectivity index (χ0) is 11.5. The third-order valence-corrected chi connectivity index (χ3v) is 3.70. The van der Waals surface area contributed by atoms with Crippen LogP contribution >= 0.6 is 0 Å². The quantitative estimate of drug-likeness (QED) is 0.652. The molecule has 0 bridgehead atoms. The van der Waals surface area contributed by atoms with Gasteiger partial charge in [0, 0.05) is 13.2 Å². The van der Waals surface area contributed by atoms with Crippen LogP contribution in [0.2, 0.25) is 12.6 Å². The Bertz CT molecular complexity index is 139. The third-order valence-electron chi connectivity index (χ3n) is 3.70. The van der Waals surface area contributed by atoms with Crippen molar-refractivity contribution >= 4 is 14.3 Å². The van der Waals surface area contributed by atoms with Crippen LogP contribution in [0.4, 0.5) is 0 Å². The predicted octanol–water partition coefficient (Wildman–Crippen LogP) is 3.15. The van der Waals surface area contributed by atoms with Crippen molar-refractivity contribution in [3.63, 3.8) is 0 Å². The van der Waals surface area contributed by atoms with Gasteiger partial charge in [-0.2, -0.15) is 0 Å². The van der Waals surface area contributed by atoms with Crippen molar-refractivity contribution in [3.8, 4) is 0 Å². The molecule has 1 aliphatic heterocycles. The summed E-state index contributed by atoms with van der Waals surface area (Å²) in [5, 5.41) is 0. The monoisotopic (exact) mass is 222 g/mol. The zero-order valence-corrected chi connectivity index (χ0v) is 11.2. The molecule has 1 heterocycles. The normalized spacial score (nSPS) is 25.9. The second-order valence-corrected chi connectivity index (χ2v) is 5.35. The van der Waals surface area contributed by atoms with Crippen molar-refractivity contribution in [2.24, 2.45) is 0 Å². The molecule has 0 aromatic heterocycles. The predicted molar refractivity (Wildman–Crippen MR) is 76.3 cm³/mol. The van der Waals surface area contributed by atoms with Crippen molar-refractivity contribution in [3.05, 3.63) is 0 Å². The van der Waals surface area contributed by atoms with Gasteiger partial charge in [0.05, 0.1) is 14.3 Å². The van der Waals surface area contributed by atoms with E-state index in [2.05, 4.69) is 6.82 Å². The van der Waals surface area contributed by atoms with Crippen LogP contribution < -0.4 is 0 Å². The smallest absolute Gasteiger partial charge is 0.0930 e. The van der Waals surface area contributed by atoms with E-state index in [4.69, 9.17) is 4.74 Å². The molecule has 1 aliphatic rings. The highest BCUT2D eigenvalue weighted by Gasteiger charge is 2.09. The highest BCUT2D eigenvalue weighted by molar-refractivity contribution is 7.00. The number of hydrogen-bond donors (Lipinski definition) is 0. The van der Waals surface area contributed by atoms with Crippen molar-refractivity contribution in [1.29, 1.82) is 0 Å². The SMILES string of the molecule is CBBC1CCCCCCCCCCOC1. The first-order chi connectivity index (χ1) is 7.93. The van der Waals surface area contributed by atoms with Gasteiger partial charge in [0.2, 0.25) is 0 Å². The summed E-state index contributed by atoms with van der Waals surface area (Å²) in [7, 11) is 2.67. The molecule has 1 atom stereocenters. The van der Waals surface area contributed by atoms with Gasteiger partial charge < -0.3 is 4.74 Å². The Hall–Kier alpha value is 0.0899. The summed E-state index contributed by atoms with van der Waals surface area (Å²) in [5.41, 5.74) is 0. The molecule has 1 fully saturated rings. The number of rotatable bonds is 2. The minimum Gasteiger partial charge on any atom is -0.382 e. The maximum Gasteiger partial charge on any atom is 0.0930 e. The largest absolute Gasteiger partial charge is 0.382 e. The summed E-state index contributed by atoms with van der Waals surface area (Å²) < 4.78 is 5.81. The average molecular weight is 222 g/mol. The van der Waals surface area contributed by atoms with Crippen molar-refractivity contribution < 1.29 is 4.74 Å². The number of hydrogen-bond acceptors (Lipinski definition) is 1. The van der Waals surface area contributed by atoms with Gasteiger partial charge in [-0.1, -0.05) is 64.0 Å². The van der Waals surface area contributed by atoms with Gasteiger partial charge in [-0.05, 0) is 6.42 Å². The molecule has 0 aromatic rings. The lowest BCUT2D eigenvalue weighted by Gasteiger charge is -2.15. The lowest BCUT2D eigenvalue weighted by Crippen LogP contribution is -2.15. The first-order valence-electron chi connectivity index (χ1n) is 7.51. The van der Waals surface area contributed by atoms with Crippen LogP contribution in [0.25, 0.3) is 0 Å². The van der Waals surface area contributed by atoms with Crippen LogP contribution in [0.5, 0.6) is 0 Å². The van der Waals surface area contributed by atoms with Crippen LogP contribution in [0.1, 0.15) is 57.8 Å². The molecule has 0 aromatic carbocycles. The van der Waals surface area contributed by atoms with E-state index in [0.29, 0.717) is 0 Å². The van der Waals surface area contributed by atoms with E-state index >= 15 is 0 Å². The molecule has 3 heteroatoms. The minimum atomic E-state index is 0.839. The van der Waals surface area contributed by atoms with Gasteiger partial charge in [-0.25, -0.2) is 0 Å². The fourth-order valence-corrected chi connectivity index (χ4v) is 2.67. The lowest BCUT2D eigenvalue weighted by atomic mass is 9.35. The maximum atomic E-state index is 5.81. The summed E-state index contributed by atoms with van der Waals surface area (Å²) in [6.07, 6.45) is 12.7. The molecule has 0 radical (unpaired) electrons. The molecule has 0 N–H and O–H groups in total. The summed E-state index contributed by atoms with van der Waals surface area (Å²) in [6.45, 7) is 4.31. The Morgan fingerprint density at radius 1 is 0.875 bits per heavy atom.